The van der Waals surface area contributed by atoms with Crippen LogP contribution in [0.25, 0.3) is 0 Å². The Morgan fingerprint density at radius 2 is 2.12 bits per heavy atom. The molecule has 4 heteroatoms. The van der Waals surface area contributed by atoms with Gasteiger partial charge in [0.15, 0.2) is 0 Å². The fourth-order valence-electron chi connectivity index (χ4n) is 2.96. The maximum atomic E-state index is 12.4. The van der Waals surface area contributed by atoms with Crippen molar-refractivity contribution in [3.8, 4) is 0 Å². The van der Waals surface area contributed by atoms with E-state index in [0.29, 0.717) is 17.9 Å². The van der Waals surface area contributed by atoms with Gasteiger partial charge < -0.3 is 10.2 Å². The van der Waals surface area contributed by atoms with Gasteiger partial charge in [-0.15, -0.1) is 0 Å². The first-order chi connectivity index (χ1) is 8.13. The van der Waals surface area contributed by atoms with Gasteiger partial charge in [0, 0.05) is 32.2 Å². The summed E-state index contributed by atoms with van der Waals surface area (Å²) < 4.78 is 0. The van der Waals surface area contributed by atoms with Crippen molar-refractivity contribution < 1.29 is 4.79 Å². The molecule has 0 aromatic heterocycles. The summed E-state index contributed by atoms with van der Waals surface area (Å²) in [7, 11) is 2.16. The summed E-state index contributed by atoms with van der Waals surface area (Å²) in [6.45, 7) is 9.05. The first kappa shape index (κ1) is 12.8. The molecule has 1 N–H and O–H groups in total. The highest BCUT2D eigenvalue weighted by Crippen LogP contribution is 2.21. The lowest BCUT2D eigenvalue weighted by molar-refractivity contribution is -0.138. The maximum Gasteiger partial charge on any atom is 0.227 e. The van der Waals surface area contributed by atoms with Crippen LogP contribution < -0.4 is 5.32 Å². The average Bonchev–Trinajstić information content (AvgIpc) is 2.75. The van der Waals surface area contributed by atoms with Gasteiger partial charge in [0.1, 0.15) is 0 Å². The van der Waals surface area contributed by atoms with Gasteiger partial charge in [0.25, 0.3) is 0 Å². The molecule has 0 aromatic rings. The Balaban J connectivity index is 1.95. The van der Waals surface area contributed by atoms with Crippen LogP contribution in [0.1, 0.15) is 20.3 Å². The van der Waals surface area contributed by atoms with E-state index in [2.05, 4.69) is 36.0 Å². The molecule has 2 aliphatic heterocycles. The van der Waals surface area contributed by atoms with Crippen LogP contribution in [0.15, 0.2) is 0 Å². The van der Waals surface area contributed by atoms with Crippen molar-refractivity contribution >= 4 is 5.91 Å². The number of nitrogens with zero attached hydrogens (tertiary/aromatic N) is 2. The molecule has 0 radical (unpaired) electrons. The topological polar surface area (TPSA) is 35.6 Å². The first-order valence-electron chi connectivity index (χ1n) is 6.83. The molecule has 3 atom stereocenters. The number of piperazine rings is 1. The minimum atomic E-state index is 0.205. The molecule has 0 aliphatic carbocycles. The molecule has 2 heterocycles. The molecule has 1 amide bonds. The number of rotatable bonds is 2. The van der Waals surface area contributed by atoms with E-state index < -0.39 is 0 Å². The minimum absolute atomic E-state index is 0.205. The second kappa shape index (κ2) is 5.36. The number of hydrogen-bond donors (Lipinski definition) is 1. The summed E-state index contributed by atoms with van der Waals surface area (Å²) in [6, 6.07) is 0.539. The van der Waals surface area contributed by atoms with Crippen molar-refractivity contribution in [2.45, 2.75) is 26.3 Å². The second-order valence-corrected chi connectivity index (χ2v) is 5.57. The summed E-state index contributed by atoms with van der Waals surface area (Å²) >= 11 is 0. The van der Waals surface area contributed by atoms with E-state index in [9.17, 15) is 4.79 Å². The van der Waals surface area contributed by atoms with Crippen molar-refractivity contribution in [3.63, 3.8) is 0 Å². The van der Waals surface area contributed by atoms with Gasteiger partial charge in [0.05, 0.1) is 5.92 Å². The van der Waals surface area contributed by atoms with Crippen molar-refractivity contribution in [2.75, 3.05) is 39.8 Å². The van der Waals surface area contributed by atoms with Crippen LogP contribution in [0.4, 0.5) is 0 Å². The molecule has 2 rings (SSSR count). The van der Waals surface area contributed by atoms with Crippen LogP contribution in [0.5, 0.6) is 0 Å². The third-order valence-corrected chi connectivity index (χ3v) is 4.39. The number of carbonyl (C=O) groups is 1. The van der Waals surface area contributed by atoms with Crippen LogP contribution in [0.3, 0.4) is 0 Å². The largest absolute Gasteiger partial charge is 0.340 e. The number of nitrogens with one attached hydrogen (secondary N) is 1. The van der Waals surface area contributed by atoms with Gasteiger partial charge in [0.2, 0.25) is 5.91 Å². The van der Waals surface area contributed by atoms with Crippen LogP contribution in [0.2, 0.25) is 0 Å². The zero-order valence-corrected chi connectivity index (χ0v) is 11.3. The summed E-state index contributed by atoms with van der Waals surface area (Å²) in [5.74, 6) is 1.06. The van der Waals surface area contributed by atoms with Crippen LogP contribution >= 0.6 is 0 Å². The van der Waals surface area contributed by atoms with Gasteiger partial charge in [-0.1, -0.05) is 13.8 Å². The summed E-state index contributed by atoms with van der Waals surface area (Å²) in [5, 5.41) is 3.32. The highest BCUT2D eigenvalue weighted by Gasteiger charge is 2.35. The Labute approximate surface area is 104 Å². The number of hydrogen-bond acceptors (Lipinski definition) is 3. The summed E-state index contributed by atoms with van der Waals surface area (Å²) in [5.41, 5.74) is 0. The van der Waals surface area contributed by atoms with E-state index >= 15 is 0 Å². The van der Waals surface area contributed by atoms with Crippen LogP contribution in [-0.4, -0.2) is 61.5 Å². The molecule has 0 bridgehead atoms. The lowest BCUT2D eigenvalue weighted by Crippen LogP contribution is -2.54. The molecule has 4 nitrogen and oxygen atoms in total. The third-order valence-electron chi connectivity index (χ3n) is 4.39. The Morgan fingerprint density at radius 3 is 2.71 bits per heavy atom. The lowest BCUT2D eigenvalue weighted by atomic mass is 9.95. The average molecular weight is 239 g/mol. The van der Waals surface area contributed by atoms with Crippen molar-refractivity contribution in [1.82, 2.24) is 15.1 Å². The van der Waals surface area contributed by atoms with Crippen LogP contribution in [0, 0.1) is 11.8 Å². The molecular formula is C13H25N3O. The zero-order valence-electron chi connectivity index (χ0n) is 11.3. The van der Waals surface area contributed by atoms with E-state index in [1.54, 1.807) is 0 Å². The van der Waals surface area contributed by atoms with Gasteiger partial charge >= 0.3 is 0 Å². The molecule has 98 valence electrons. The maximum absolute atomic E-state index is 12.4. The fraction of sp³-hybridized carbons (Fsp3) is 0.923. The highest BCUT2D eigenvalue weighted by molar-refractivity contribution is 5.80. The van der Waals surface area contributed by atoms with E-state index in [1.165, 1.54) is 0 Å². The first-order valence-corrected chi connectivity index (χ1v) is 6.83. The van der Waals surface area contributed by atoms with Crippen LogP contribution in [-0.2, 0) is 4.79 Å². The predicted octanol–water partition coefficient (Wildman–Crippen LogP) is 0.395. The van der Waals surface area contributed by atoms with Gasteiger partial charge in [-0.05, 0) is 25.9 Å². The SMILES string of the molecule is CCC1CN(C(=O)C2CNCC2C)CCN1C. The number of carbonyl (C=O) groups excluding carboxylic acids is 1. The molecule has 3 unspecified atom stereocenters. The molecule has 17 heavy (non-hydrogen) atoms. The zero-order chi connectivity index (χ0) is 12.4. The lowest BCUT2D eigenvalue weighted by Gasteiger charge is -2.40. The monoisotopic (exact) mass is 239 g/mol. The minimum Gasteiger partial charge on any atom is -0.340 e. The third kappa shape index (κ3) is 2.63. The predicted molar refractivity (Wildman–Crippen MR) is 68.8 cm³/mol. The van der Waals surface area contributed by atoms with E-state index in [4.69, 9.17) is 0 Å². The fourth-order valence-corrected chi connectivity index (χ4v) is 2.96. The van der Waals surface area contributed by atoms with Gasteiger partial charge in [-0.25, -0.2) is 0 Å². The Kier molecular flexibility index (Phi) is 4.05. The molecule has 2 saturated heterocycles. The quantitative estimate of drug-likeness (QED) is 0.757. The smallest absolute Gasteiger partial charge is 0.227 e. The molecule has 2 fully saturated rings. The highest BCUT2D eigenvalue weighted by atomic mass is 16.2. The normalized spacial score (nSPS) is 35.2. The Morgan fingerprint density at radius 1 is 1.35 bits per heavy atom. The second-order valence-electron chi connectivity index (χ2n) is 5.57. The van der Waals surface area contributed by atoms with Crippen molar-refractivity contribution in [2.24, 2.45) is 11.8 Å². The summed E-state index contributed by atoms with van der Waals surface area (Å²) in [4.78, 5) is 16.9. The molecule has 2 aliphatic rings. The molecule has 0 spiro atoms. The van der Waals surface area contributed by atoms with E-state index in [-0.39, 0.29) is 5.92 Å². The number of amides is 1. The standard InChI is InChI=1S/C13H25N3O/c1-4-11-9-16(6-5-15(11)3)13(17)12-8-14-7-10(12)2/h10-12,14H,4-9H2,1-3H3. The van der Waals surface area contributed by atoms with Gasteiger partial charge in [-0.2, -0.15) is 0 Å². The van der Waals surface area contributed by atoms with E-state index in [1.807, 2.05) is 0 Å². The molecule has 0 saturated carbocycles. The summed E-state index contributed by atoms with van der Waals surface area (Å²) in [6.07, 6.45) is 1.12. The number of likely N-dealkylation sites (N-methyl/N-ethyl adjacent to an activating group) is 1. The van der Waals surface area contributed by atoms with Crippen molar-refractivity contribution in [3.05, 3.63) is 0 Å². The molecule has 0 aromatic carbocycles. The Bertz CT molecular complexity index is 282. The van der Waals surface area contributed by atoms with Crippen molar-refractivity contribution in [1.29, 1.82) is 0 Å². The molecular weight excluding hydrogens is 214 g/mol. The Hall–Kier alpha value is -0.610. The van der Waals surface area contributed by atoms with E-state index in [0.717, 1.165) is 39.1 Å². The van der Waals surface area contributed by atoms with Gasteiger partial charge in [-0.3, -0.25) is 9.69 Å².